The maximum atomic E-state index is 8.55. The van der Waals surface area contributed by atoms with E-state index >= 15 is 0 Å². The molecule has 0 rings (SSSR count). The summed E-state index contributed by atoms with van der Waals surface area (Å²) in [7, 11) is 0. The minimum absolute atomic E-state index is 0.124. The number of aliphatic hydroxyl groups is 1. The van der Waals surface area contributed by atoms with Crippen molar-refractivity contribution in [3.05, 3.63) is 0 Å². The summed E-state index contributed by atoms with van der Waals surface area (Å²) in [5.41, 5.74) is 0. The zero-order chi connectivity index (χ0) is 15.4. The molecule has 0 aliphatic rings. The Labute approximate surface area is 132 Å². The highest BCUT2D eigenvalue weighted by molar-refractivity contribution is 4.51. The zero-order valence-corrected chi connectivity index (χ0v) is 14.4. The van der Waals surface area contributed by atoms with Gasteiger partial charge in [-0.1, -0.05) is 77.6 Å². The lowest BCUT2D eigenvalue weighted by Crippen LogP contribution is -2.21. The molecule has 21 heavy (non-hydrogen) atoms. The predicted octanol–water partition coefficient (Wildman–Crippen LogP) is 4.29. The number of unbranched alkanes of at least 4 members (excludes halogenated alkanes) is 11. The van der Waals surface area contributed by atoms with Gasteiger partial charge in [0.2, 0.25) is 0 Å². The first-order valence-electron chi connectivity index (χ1n) is 9.31. The molecule has 3 heteroatoms. The third kappa shape index (κ3) is 19.9. The maximum absolute atomic E-state index is 8.55. The van der Waals surface area contributed by atoms with Gasteiger partial charge in [0.15, 0.2) is 0 Å². The van der Waals surface area contributed by atoms with Gasteiger partial charge in [0.05, 0.1) is 19.8 Å². The minimum Gasteiger partial charge on any atom is -0.394 e. The molecule has 0 aliphatic carbocycles. The van der Waals surface area contributed by atoms with Crippen LogP contribution in [0, 0.1) is 0 Å². The van der Waals surface area contributed by atoms with Gasteiger partial charge >= 0.3 is 0 Å². The monoisotopic (exact) mass is 301 g/mol. The number of rotatable bonds is 18. The first-order valence-corrected chi connectivity index (χ1v) is 9.31. The Bertz CT molecular complexity index is 159. The molecule has 0 atom stereocenters. The normalized spacial score (nSPS) is 11.1. The van der Waals surface area contributed by atoms with Gasteiger partial charge < -0.3 is 15.2 Å². The number of nitrogens with one attached hydrogen (secondary N) is 1. The molecule has 0 radical (unpaired) electrons. The van der Waals surface area contributed by atoms with E-state index in [4.69, 9.17) is 9.84 Å². The van der Waals surface area contributed by atoms with Crippen molar-refractivity contribution in [2.75, 3.05) is 32.9 Å². The lowest BCUT2D eigenvalue weighted by atomic mass is 10.1. The summed E-state index contributed by atoms with van der Waals surface area (Å²) >= 11 is 0. The van der Waals surface area contributed by atoms with Crippen molar-refractivity contribution in [2.24, 2.45) is 0 Å². The van der Waals surface area contributed by atoms with E-state index in [9.17, 15) is 0 Å². The molecule has 0 aromatic rings. The van der Waals surface area contributed by atoms with E-state index in [2.05, 4.69) is 12.2 Å². The third-order valence-corrected chi connectivity index (χ3v) is 3.87. The molecule has 0 unspecified atom stereocenters. The quantitative estimate of drug-likeness (QED) is 0.371. The highest BCUT2D eigenvalue weighted by Gasteiger charge is 1.93. The van der Waals surface area contributed by atoms with Crippen LogP contribution in [-0.4, -0.2) is 38.0 Å². The van der Waals surface area contributed by atoms with Crippen molar-refractivity contribution < 1.29 is 9.84 Å². The zero-order valence-electron chi connectivity index (χ0n) is 14.4. The molecule has 0 aliphatic heterocycles. The van der Waals surface area contributed by atoms with Crippen LogP contribution in [0.25, 0.3) is 0 Å². The number of hydrogen-bond acceptors (Lipinski definition) is 3. The number of hydrogen-bond donors (Lipinski definition) is 2. The van der Waals surface area contributed by atoms with E-state index in [0.29, 0.717) is 13.2 Å². The maximum Gasteiger partial charge on any atom is 0.0698 e. The Kier molecular flexibility index (Phi) is 19.8. The Morgan fingerprint density at radius 3 is 1.71 bits per heavy atom. The Morgan fingerprint density at radius 1 is 0.667 bits per heavy atom. The fraction of sp³-hybridized carbons (Fsp3) is 1.00. The van der Waals surface area contributed by atoms with E-state index in [0.717, 1.165) is 13.1 Å². The second kappa shape index (κ2) is 19.9. The summed E-state index contributed by atoms with van der Waals surface area (Å²) in [6.45, 7) is 5.57. The van der Waals surface area contributed by atoms with Crippen LogP contribution in [0.15, 0.2) is 0 Å². The number of aliphatic hydroxyl groups excluding tert-OH is 1. The van der Waals surface area contributed by atoms with E-state index in [1.807, 2.05) is 0 Å². The molecule has 0 aromatic carbocycles. The van der Waals surface area contributed by atoms with Crippen LogP contribution >= 0.6 is 0 Å². The lowest BCUT2D eigenvalue weighted by Gasteiger charge is -2.05. The topological polar surface area (TPSA) is 41.5 Å². The minimum atomic E-state index is 0.124. The van der Waals surface area contributed by atoms with E-state index in [-0.39, 0.29) is 6.61 Å². The molecule has 0 spiro atoms. The molecule has 0 saturated heterocycles. The molecule has 128 valence electrons. The van der Waals surface area contributed by atoms with Gasteiger partial charge in [-0.15, -0.1) is 0 Å². The average molecular weight is 302 g/mol. The summed E-state index contributed by atoms with van der Waals surface area (Å²) < 4.78 is 5.18. The van der Waals surface area contributed by atoms with Crippen LogP contribution in [0.1, 0.15) is 84.0 Å². The van der Waals surface area contributed by atoms with Crippen LogP contribution < -0.4 is 5.32 Å². The highest BCUT2D eigenvalue weighted by atomic mass is 16.5. The van der Waals surface area contributed by atoms with Crippen molar-refractivity contribution in [2.45, 2.75) is 84.0 Å². The summed E-state index contributed by atoms with van der Waals surface area (Å²) in [5.74, 6) is 0. The van der Waals surface area contributed by atoms with Crippen molar-refractivity contribution in [3.63, 3.8) is 0 Å². The standard InChI is InChI=1S/C18H39NO2/c1-2-3-4-5-6-7-8-9-10-11-12-13-14-19-15-17-21-18-16-20/h19-20H,2-18H2,1H3. The van der Waals surface area contributed by atoms with Crippen molar-refractivity contribution in [1.82, 2.24) is 5.32 Å². The SMILES string of the molecule is CCCCCCCCCCCCCCNCCOCCO. The van der Waals surface area contributed by atoms with Crippen molar-refractivity contribution in [3.8, 4) is 0 Å². The summed E-state index contributed by atoms with van der Waals surface area (Å²) in [4.78, 5) is 0. The highest BCUT2D eigenvalue weighted by Crippen LogP contribution is 2.11. The Balaban J connectivity index is 2.90. The van der Waals surface area contributed by atoms with Crippen LogP contribution in [0.4, 0.5) is 0 Å². The molecular formula is C18H39NO2. The van der Waals surface area contributed by atoms with E-state index in [1.165, 1.54) is 77.0 Å². The fourth-order valence-corrected chi connectivity index (χ4v) is 2.53. The molecule has 0 aromatic heterocycles. The summed E-state index contributed by atoms with van der Waals surface area (Å²) in [5, 5.41) is 11.9. The molecule has 0 heterocycles. The van der Waals surface area contributed by atoms with Crippen LogP contribution in [-0.2, 0) is 4.74 Å². The number of ether oxygens (including phenoxy) is 1. The molecule has 0 bridgehead atoms. The molecular weight excluding hydrogens is 262 g/mol. The predicted molar refractivity (Wildman–Crippen MR) is 91.9 cm³/mol. The van der Waals surface area contributed by atoms with Crippen LogP contribution in [0.5, 0.6) is 0 Å². The summed E-state index contributed by atoms with van der Waals surface area (Å²) in [6.07, 6.45) is 16.8. The van der Waals surface area contributed by atoms with Gasteiger partial charge in [0.25, 0.3) is 0 Å². The lowest BCUT2D eigenvalue weighted by molar-refractivity contribution is 0.0939. The smallest absolute Gasteiger partial charge is 0.0698 e. The van der Waals surface area contributed by atoms with Gasteiger partial charge in [0, 0.05) is 6.54 Å². The van der Waals surface area contributed by atoms with Crippen molar-refractivity contribution in [1.29, 1.82) is 0 Å². The Morgan fingerprint density at radius 2 is 1.19 bits per heavy atom. The largest absolute Gasteiger partial charge is 0.394 e. The first-order chi connectivity index (χ1) is 10.4. The molecule has 3 nitrogen and oxygen atoms in total. The van der Waals surface area contributed by atoms with Gasteiger partial charge in [-0.3, -0.25) is 0 Å². The van der Waals surface area contributed by atoms with Gasteiger partial charge in [-0.2, -0.15) is 0 Å². The second-order valence-electron chi connectivity index (χ2n) is 5.98. The van der Waals surface area contributed by atoms with E-state index in [1.54, 1.807) is 0 Å². The van der Waals surface area contributed by atoms with Gasteiger partial charge in [-0.05, 0) is 13.0 Å². The van der Waals surface area contributed by atoms with E-state index < -0.39 is 0 Å². The van der Waals surface area contributed by atoms with Gasteiger partial charge in [-0.25, -0.2) is 0 Å². The second-order valence-corrected chi connectivity index (χ2v) is 5.98. The van der Waals surface area contributed by atoms with Crippen molar-refractivity contribution >= 4 is 0 Å². The molecule has 0 amide bonds. The molecule has 0 fully saturated rings. The van der Waals surface area contributed by atoms with Gasteiger partial charge in [0.1, 0.15) is 0 Å². The molecule has 2 N–H and O–H groups in total. The van der Waals surface area contributed by atoms with Crippen LogP contribution in [0.2, 0.25) is 0 Å². The fourth-order valence-electron chi connectivity index (χ4n) is 2.53. The Hall–Kier alpha value is -0.120. The first kappa shape index (κ1) is 20.9. The molecule has 0 saturated carbocycles. The van der Waals surface area contributed by atoms with Crippen LogP contribution in [0.3, 0.4) is 0 Å². The summed E-state index contributed by atoms with van der Waals surface area (Å²) in [6, 6.07) is 0. The average Bonchev–Trinajstić information content (AvgIpc) is 2.50. The third-order valence-electron chi connectivity index (χ3n) is 3.87.